The topological polar surface area (TPSA) is 82.1 Å². The van der Waals surface area contributed by atoms with Crippen LogP contribution in [-0.2, 0) is 11.2 Å². The van der Waals surface area contributed by atoms with Crippen LogP contribution in [0.25, 0.3) is 0 Å². The molecule has 2 fully saturated rings. The Labute approximate surface area is 188 Å². The molecular weight excluding hydrogens is 418 g/mol. The summed E-state index contributed by atoms with van der Waals surface area (Å²) >= 11 is 0. The van der Waals surface area contributed by atoms with Crippen molar-refractivity contribution in [3.8, 4) is 5.75 Å². The van der Waals surface area contributed by atoms with E-state index in [9.17, 15) is 14.7 Å². The number of urea groups is 1. The summed E-state index contributed by atoms with van der Waals surface area (Å²) in [4.78, 5) is 28.4. The van der Waals surface area contributed by atoms with E-state index < -0.39 is 11.9 Å². The van der Waals surface area contributed by atoms with Crippen LogP contribution in [0.15, 0.2) is 48.5 Å². The number of aliphatic carboxylic acids is 1. The van der Waals surface area contributed by atoms with Gasteiger partial charge < -0.3 is 15.2 Å². The van der Waals surface area contributed by atoms with Gasteiger partial charge in [-0.2, -0.15) is 0 Å². The van der Waals surface area contributed by atoms with Crippen molar-refractivity contribution < 1.29 is 19.4 Å². The molecule has 0 radical (unpaired) electrons. The molecule has 2 aliphatic rings. The summed E-state index contributed by atoms with van der Waals surface area (Å²) in [5.74, 6) is -0.321. The maximum absolute atomic E-state index is 13.1. The molecule has 2 N–H and O–H groups in total. The van der Waals surface area contributed by atoms with Crippen molar-refractivity contribution in [2.75, 3.05) is 43.1 Å². The molecule has 0 aliphatic carbocycles. The molecule has 0 saturated carbocycles. The van der Waals surface area contributed by atoms with E-state index in [1.165, 1.54) is 0 Å². The van der Waals surface area contributed by atoms with Gasteiger partial charge in [0.05, 0.1) is 13.0 Å². The molecule has 2 aromatic rings. The van der Waals surface area contributed by atoms with Gasteiger partial charge in [0.2, 0.25) is 0 Å². The SMILES string of the molecule is COc1cccc(N2CCN(c3cccc(C[C@H](C(=O)O)[C@H]4CCNC4)c3)C2=O)c1.Cl. The number of nitrogens with zero attached hydrogens (tertiary/aromatic N) is 2. The molecule has 0 bridgehead atoms. The lowest BCUT2D eigenvalue weighted by molar-refractivity contribution is -0.143. The first-order valence-electron chi connectivity index (χ1n) is 10.3. The maximum Gasteiger partial charge on any atom is 0.329 e. The van der Waals surface area contributed by atoms with Crippen LogP contribution in [0, 0.1) is 11.8 Å². The van der Waals surface area contributed by atoms with Gasteiger partial charge in [0.1, 0.15) is 5.75 Å². The maximum atomic E-state index is 13.1. The number of halogens is 1. The van der Waals surface area contributed by atoms with Crippen molar-refractivity contribution in [1.82, 2.24) is 5.32 Å². The molecule has 0 aromatic heterocycles. The second-order valence-corrected chi connectivity index (χ2v) is 7.86. The Morgan fingerprint density at radius 2 is 1.84 bits per heavy atom. The summed E-state index contributed by atoms with van der Waals surface area (Å²) in [6.07, 6.45) is 1.36. The number of carbonyl (C=O) groups excluding carboxylic acids is 1. The zero-order chi connectivity index (χ0) is 21.1. The first-order chi connectivity index (χ1) is 14.6. The molecule has 31 heavy (non-hydrogen) atoms. The quantitative estimate of drug-likeness (QED) is 0.682. The number of hydrogen-bond acceptors (Lipinski definition) is 4. The van der Waals surface area contributed by atoms with Crippen LogP contribution in [0.4, 0.5) is 16.2 Å². The average Bonchev–Trinajstić information content (AvgIpc) is 3.42. The lowest BCUT2D eigenvalue weighted by Gasteiger charge is -2.21. The van der Waals surface area contributed by atoms with Crippen molar-refractivity contribution in [3.63, 3.8) is 0 Å². The number of hydrogen-bond donors (Lipinski definition) is 2. The van der Waals surface area contributed by atoms with Crippen molar-refractivity contribution in [2.24, 2.45) is 11.8 Å². The molecule has 0 unspecified atom stereocenters. The molecule has 2 aromatic carbocycles. The number of ether oxygens (including phenoxy) is 1. The van der Waals surface area contributed by atoms with E-state index in [1.54, 1.807) is 16.9 Å². The molecule has 2 amide bonds. The number of nitrogens with one attached hydrogen (secondary N) is 1. The van der Waals surface area contributed by atoms with Gasteiger partial charge in [-0.3, -0.25) is 14.6 Å². The predicted molar refractivity (Wildman–Crippen MR) is 123 cm³/mol. The Morgan fingerprint density at radius 1 is 1.16 bits per heavy atom. The number of carboxylic acids is 1. The van der Waals surface area contributed by atoms with Crippen molar-refractivity contribution >= 4 is 35.8 Å². The standard InChI is InChI=1S/C23H27N3O4.ClH/c1-30-20-7-3-6-19(14-20)26-11-10-25(23(26)29)18-5-2-4-16(12-18)13-21(22(27)28)17-8-9-24-15-17;/h2-7,12,14,17,21,24H,8-11,13,15H2,1H3,(H,27,28);1H/t17-,21-;/m0./s1. The van der Waals surface area contributed by atoms with E-state index in [4.69, 9.17) is 4.74 Å². The molecule has 2 saturated heterocycles. The summed E-state index contributed by atoms with van der Waals surface area (Å²) in [7, 11) is 1.61. The predicted octanol–water partition coefficient (Wildman–Crippen LogP) is 3.42. The molecule has 8 heteroatoms. The number of amides is 2. The third-order valence-corrected chi connectivity index (χ3v) is 6.04. The lowest BCUT2D eigenvalue weighted by Crippen LogP contribution is -2.32. The van der Waals surface area contributed by atoms with Crippen molar-refractivity contribution in [3.05, 3.63) is 54.1 Å². The fourth-order valence-electron chi connectivity index (χ4n) is 4.38. The number of carboxylic acid groups (broad SMARTS) is 1. The number of benzene rings is 2. The molecule has 2 aliphatic heterocycles. The van der Waals surface area contributed by atoms with Crippen molar-refractivity contribution in [1.29, 1.82) is 0 Å². The third kappa shape index (κ3) is 4.94. The highest BCUT2D eigenvalue weighted by Crippen LogP contribution is 2.29. The van der Waals surface area contributed by atoms with Gasteiger partial charge in [-0.15, -0.1) is 12.4 Å². The first-order valence-corrected chi connectivity index (χ1v) is 10.3. The van der Waals surface area contributed by atoms with Crippen LogP contribution < -0.4 is 19.9 Å². The molecule has 166 valence electrons. The van der Waals surface area contributed by atoms with E-state index >= 15 is 0 Å². The number of rotatable bonds is 7. The second kappa shape index (κ2) is 10.0. The molecule has 7 nitrogen and oxygen atoms in total. The van der Waals surface area contributed by atoms with Gasteiger partial charge in [0.25, 0.3) is 0 Å². The largest absolute Gasteiger partial charge is 0.497 e. The lowest BCUT2D eigenvalue weighted by atomic mass is 9.86. The first kappa shape index (κ1) is 22.9. The highest BCUT2D eigenvalue weighted by atomic mass is 35.5. The van der Waals surface area contributed by atoms with Gasteiger partial charge in [-0.25, -0.2) is 4.79 Å². The zero-order valence-corrected chi connectivity index (χ0v) is 18.3. The van der Waals surface area contributed by atoms with Gasteiger partial charge in [-0.05, 0) is 61.7 Å². The minimum Gasteiger partial charge on any atom is -0.497 e. The molecule has 0 spiro atoms. The third-order valence-electron chi connectivity index (χ3n) is 6.04. The van der Waals surface area contributed by atoms with E-state index in [2.05, 4.69) is 5.32 Å². The number of anilines is 2. The fraction of sp³-hybridized carbons (Fsp3) is 0.391. The van der Waals surface area contributed by atoms with Crippen LogP contribution in [0.3, 0.4) is 0 Å². The van der Waals surface area contributed by atoms with E-state index in [0.29, 0.717) is 25.3 Å². The van der Waals surface area contributed by atoms with Gasteiger partial charge in [0, 0.05) is 30.5 Å². The van der Waals surface area contributed by atoms with Gasteiger partial charge in [-0.1, -0.05) is 18.2 Å². The van der Waals surface area contributed by atoms with Crippen LogP contribution in [0.2, 0.25) is 0 Å². The summed E-state index contributed by atoms with van der Waals surface area (Å²) < 4.78 is 5.27. The Hall–Kier alpha value is -2.77. The molecule has 2 heterocycles. The van der Waals surface area contributed by atoms with E-state index in [-0.39, 0.29) is 24.4 Å². The molecular formula is C23H28ClN3O4. The molecule has 4 rings (SSSR count). The fourth-order valence-corrected chi connectivity index (χ4v) is 4.38. The van der Waals surface area contributed by atoms with Crippen LogP contribution in [-0.4, -0.2) is 50.4 Å². The monoisotopic (exact) mass is 445 g/mol. The smallest absolute Gasteiger partial charge is 0.329 e. The summed E-state index contributed by atoms with van der Waals surface area (Å²) in [5.41, 5.74) is 2.55. The average molecular weight is 446 g/mol. The summed E-state index contributed by atoms with van der Waals surface area (Å²) in [6.45, 7) is 2.78. The highest BCUT2D eigenvalue weighted by Gasteiger charge is 2.32. The van der Waals surface area contributed by atoms with E-state index in [1.807, 2.05) is 48.5 Å². The Balaban J connectivity index is 0.00000272. The zero-order valence-electron chi connectivity index (χ0n) is 17.5. The normalized spacial score (nSPS) is 19.3. The highest BCUT2D eigenvalue weighted by molar-refractivity contribution is 6.06. The van der Waals surface area contributed by atoms with Crippen LogP contribution in [0.1, 0.15) is 12.0 Å². The Morgan fingerprint density at radius 3 is 2.45 bits per heavy atom. The van der Waals surface area contributed by atoms with Gasteiger partial charge in [0.15, 0.2) is 0 Å². The van der Waals surface area contributed by atoms with E-state index in [0.717, 1.165) is 36.4 Å². The summed E-state index contributed by atoms with van der Waals surface area (Å²) in [5, 5.41) is 13.0. The Kier molecular flexibility index (Phi) is 7.41. The van der Waals surface area contributed by atoms with Gasteiger partial charge >= 0.3 is 12.0 Å². The molecule has 2 atom stereocenters. The Bertz CT molecular complexity index is 933. The number of carbonyl (C=O) groups is 2. The minimum atomic E-state index is -0.754. The number of methoxy groups -OCH3 is 1. The minimum absolute atomic E-state index is 0. The van der Waals surface area contributed by atoms with Crippen LogP contribution >= 0.6 is 12.4 Å². The van der Waals surface area contributed by atoms with Crippen molar-refractivity contribution in [2.45, 2.75) is 12.8 Å². The van der Waals surface area contributed by atoms with Crippen LogP contribution in [0.5, 0.6) is 5.75 Å². The summed E-state index contributed by atoms with van der Waals surface area (Å²) in [6, 6.07) is 15.1. The second-order valence-electron chi connectivity index (χ2n) is 7.86.